The molecule has 2 rings (SSSR count). The average molecular weight is 281 g/mol. The Bertz CT molecular complexity index is 452. The lowest BCUT2D eigenvalue weighted by atomic mass is 10.1. The van der Waals surface area contributed by atoms with E-state index in [2.05, 4.69) is 9.72 Å². The highest BCUT2D eigenvalue weighted by Gasteiger charge is 2.18. The number of hydrogen-bond acceptors (Lipinski definition) is 4. The smallest absolute Gasteiger partial charge is 0.339 e. The molecule has 0 spiro atoms. The minimum atomic E-state index is -0.859. The summed E-state index contributed by atoms with van der Waals surface area (Å²) in [4.78, 5) is 15.4. The van der Waals surface area contributed by atoms with Crippen molar-refractivity contribution in [2.24, 2.45) is 5.92 Å². The van der Waals surface area contributed by atoms with Crippen molar-refractivity contribution in [3.63, 3.8) is 0 Å². The molecule has 19 heavy (non-hydrogen) atoms. The van der Waals surface area contributed by atoms with Gasteiger partial charge in [-0.1, -0.05) is 12.8 Å². The van der Waals surface area contributed by atoms with Crippen molar-refractivity contribution >= 4 is 16.8 Å². The first kappa shape index (κ1) is 14.2. The topological polar surface area (TPSA) is 56.3 Å². The molecule has 1 heterocycles. The number of carbonyl (C=O) groups excluding carboxylic acids is 1. The first-order chi connectivity index (χ1) is 9.19. The van der Waals surface area contributed by atoms with Gasteiger partial charge in [0, 0.05) is 22.7 Å². The average Bonchev–Trinajstić information content (AvgIpc) is 2.91. The molecule has 1 atom stereocenters. The maximum Gasteiger partial charge on any atom is 0.339 e. The molecular weight excluding hydrogens is 262 g/mol. The zero-order valence-electron chi connectivity index (χ0n) is 11.1. The molecule has 0 bridgehead atoms. The summed E-state index contributed by atoms with van der Waals surface area (Å²) in [5.74, 6) is 1.47. The van der Waals surface area contributed by atoms with E-state index in [0.29, 0.717) is 17.2 Å². The van der Waals surface area contributed by atoms with Crippen LogP contribution in [0.1, 0.15) is 41.7 Å². The van der Waals surface area contributed by atoms with Crippen molar-refractivity contribution in [3.8, 4) is 0 Å². The van der Waals surface area contributed by atoms with Crippen LogP contribution in [-0.2, 0) is 21.3 Å². The first-order valence-corrected chi connectivity index (χ1v) is 8.06. The van der Waals surface area contributed by atoms with Gasteiger partial charge in [-0.2, -0.15) is 0 Å². The number of carbonyl (C=O) groups is 1. The summed E-state index contributed by atoms with van der Waals surface area (Å²) in [5, 5.41) is 0. The van der Waals surface area contributed by atoms with Crippen LogP contribution in [0.15, 0.2) is 18.3 Å². The summed E-state index contributed by atoms with van der Waals surface area (Å²) < 4.78 is 16.6. The van der Waals surface area contributed by atoms with E-state index in [1.807, 2.05) is 0 Å². The molecule has 0 radical (unpaired) electrons. The van der Waals surface area contributed by atoms with Gasteiger partial charge in [-0.05, 0) is 30.9 Å². The van der Waals surface area contributed by atoms with Crippen LogP contribution in [0, 0.1) is 5.92 Å². The summed E-state index contributed by atoms with van der Waals surface area (Å²) in [6, 6.07) is 3.42. The third kappa shape index (κ3) is 4.13. The van der Waals surface area contributed by atoms with Gasteiger partial charge in [-0.3, -0.25) is 9.19 Å². The van der Waals surface area contributed by atoms with Crippen LogP contribution in [-0.4, -0.2) is 28.0 Å². The van der Waals surface area contributed by atoms with Gasteiger partial charge in [-0.25, -0.2) is 4.79 Å². The number of pyridine rings is 1. The fourth-order valence-corrected chi connectivity index (χ4v) is 3.89. The third-order valence-corrected chi connectivity index (χ3v) is 4.91. The molecule has 1 unspecified atom stereocenters. The van der Waals surface area contributed by atoms with E-state index in [1.165, 1.54) is 39.0 Å². The van der Waals surface area contributed by atoms with E-state index in [4.69, 9.17) is 0 Å². The minimum Gasteiger partial charge on any atom is -0.465 e. The van der Waals surface area contributed by atoms with Crippen LogP contribution >= 0.6 is 0 Å². The molecule has 0 saturated heterocycles. The van der Waals surface area contributed by atoms with E-state index in [-0.39, 0.29) is 0 Å². The Balaban J connectivity index is 1.88. The normalized spacial score (nSPS) is 17.3. The first-order valence-electron chi connectivity index (χ1n) is 6.57. The van der Waals surface area contributed by atoms with Gasteiger partial charge in [0.05, 0.1) is 24.1 Å². The lowest BCUT2D eigenvalue weighted by Gasteiger charge is -2.08. The summed E-state index contributed by atoms with van der Waals surface area (Å²) in [6.07, 6.45) is 6.44. The fraction of sp³-hybridized carbons (Fsp3) is 0.571. The largest absolute Gasteiger partial charge is 0.465 e. The molecule has 0 aromatic carbocycles. The van der Waals surface area contributed by atoms with Crippen LogP contribution in [0.2, 0.25) is 0 Å². The molecule has 4 nitrogen and oxygen atoms in total. The van der Waals surface area contributed by atoms with Crippen molar-refractivity contribution < 1.29 is 13.7 Å². The Labute approximate surface area is 116 Å². The van der Waals surface area contributed by atoms with E-state index in [9.17, 15) is 9.00 Å². The number of hydrogen-bond donors (Lipinski definition) is 0. The van der Waals surface area contributed by atoms with Crippen molar-refractivity contribution in [2.75, 3.05) is 12.9 Å². The predicted molar refractivity (Wildman–Crippen MR) is 74.2 cm³/mol. The lowest BCUT2D eigenvalue weighted by Crippen LogP contribution is -2.10. The monoisotopic (exact) mass is 281 g/mol. The summed E-state index contributed by atoms with van der Waals surface area (Å²) in [7, 11) is 0.482. The number of esters is 1. The summed E-state index contributed by atoms with van der Waals surface area (Å²) >= 11 is 0. The molecule has 0 aliphatic heterocycles. The molecule has 0 N–H and O–H groups in total. The van der Waals surface area contributed by atoms with E-state index < -0.39 is 16.8 Å². The maximum absolute atomic E-state index is 12.0. The molecule has 5 heteroatoms. The van der Waals surface area contributed by atoms with Crippen LogP contribution < -0.4 is 0 Å². The second-order valence-electron chi connectivity index (χ2n) is 4.93. The number of rotatable bonds is 5. The highest BCUT2D eigenvalue weighted by Crippen LogP contribution is 2.25. The van der Waals surface area contributed by atoms with Gasteiger partial charge >= 0.3 is 5.97 Å². The standard InChI is InChI=1S/C14H19NO3S/c1-18-14(16)12-6-7-13(15-8-12)10-19(17)9-11-4-2-3-5-11/h6-8,11H,2-5,9-10H2,1H3. The highest BCUT2D eigenvalue weighted by molar-refractivity contribution is 7.84. The Hall–Kier alpha value is -1.23. The number of nitrogens with zero attached hydrogens (tertiary/aromatic N) is 1. The van der Waals surface area contributed by atoms with Crippen molar-refractivity contribution in [1.29, 1.82) is 0 Å². The minimum absolute atomic E-state index is 0.397. The van der Waals surface area contributed by atoms with E-state index in [0.717, 1.165) is 11.4 Å². The summed E-state index contributed by atoms with van der Waals surface area (Å²) in [5.41, 5.74) is 1.19. The molecule has 1 fully saturated rings. The van der Waals surface area contributed by atoms with Gasteiger partial charge in [0.25, 0.3) is 0 Å². The van der Waals surface area contributed by atoms with Crippen LogP contribution in [0.25, 0.3) is 0 Å². The quantitative estimate of drug-likeness (QED) is 0.777. The van der Waals surface area contributed by atoms with Crippen LogP contribution in [0.5, 0.6) is 0 Å². The second kappa shape index (κ2) is 6.80. The van der Waals surface area contributed by atoms with Gasteiger partial charge < -0.3 is 4.74 Å². The zero-order chi connectivity index (χ0) is 13.7. The van der Waals surface area contributed by atoms with Crippen LogP contribution in [0.4, 0.5) is 0 Å². The number of ether oxygens (including phenoxy) is 1. The molecule has 1 saturated carbocycles. The van der Waals surface area contributed by atoms with E-state index >= 15 is 0 Å². The third-order valence-electron chi connectivity index (χ3n) is 3.45. The molecule has 1 aliphatic rings. The second-order valence-corrected chi connectivity index (χ2v) is 6.43. The molecular formula is C14H19NO3S. The lowest BCUT2D eigenvalue weighted by molar-refractivity contribution is 0.0600. The van der Waals surface area contributed by atoms with Crippen molar-refractivity contribution in [1.82, 2.24) is 4.98 Å². The molecule has 0 amide bonds. The SMILES string of the molecule is COC(=O)c1ccc(CS(=O)CC2CCCC2)nc1. The van der Waals surface area contributed by atoms with Crippen LogP contribution in [0.3, 0.4) is 0 Å². The molecule has 1 aliphatic carbocycles. The maximum atomic E-state index is 12.0. The van der Waals surface area contributed by atoms with E-state index in [1.54, 1.807) is 12.1 Å². The zero-order valence-corrected chi connectivity index (χ0v) is 11.9. The van der Waals surface area contributed by atoms with Gasteiger partial charge in [0.1, 0.15) is 0 Å². The predicted octanol–water partition coefficient (Wildman–Crippen LogP) is 2.31. The van der Waals surface area contributed by atoms with Gasteiger partial charge in [0.2, 0.25) is 0 Å². The summed E-state index contributed by atoms with van der Waals surface area (Å²) in [6.45, 7) is 0. The molecule has 104 valence electrons. The number of methoxy groups -OCH3 is 1. The van der Waals surface area contributed by atoms with Gasteiger partial charge in [0.15, 0.2) is 0 Å². The van der Waals surface area contributed by atoms with Crippen molar-refractivity contribution in [3.05, 3.63) is 29.6 Å². The molecule has 1 aromatic heterocycles. The van der Waals surface area contributed by atoms with Gasteiger partial charge in [-0.15, -0.1) is 0 Å². The Kier molecular flexibility index (Phi) is 5.07. The Morgan fingerprint density at radius 2 is 2.16 bits per heavy atom. The Morgan fingerprint density at radius 1 is 1.42 bits per heavy atom. The molecule has 1 aromatic rings. The van der Waals surface area contributed by atoms with Crippen molar-refractivity contribution in [2.45, 2.75) is 31.4 Å². The Morgan fingerprint density at radius 3 is 2.74 bits per heavy atom. The highest BCUT2D eigenvalue weighted by atomic mass is 32.2. The number of aromatic nitrogens is 1. The fourth-order valence-electron chi connectivity index (χ4n) is 2.41.